The van der Waals surface area contributed by atoms with Gasteiger partial charge in [-0.1, -0.05) is 51.9 Å². The lowest BCUT2D eigenvalue weighted by Gasteiger charge is -2.22. The van der Waals surface area contributed by atoms with Gasteiger partial charge in [0, 0.05) is 12.5 Å². The summed E-state index contributed by atoms with van der Waals surface area (Å²) in [6, 6.07) is 0. The number of aromatic nitrogens is 3. The number of hydrogen-bond donors (Lipinski definition) is 2. The fraction of sp³-hybridized carbons (Fsp3) is 0.882. The van der Waals surface area contributed by atoms with Crippen molar-refractivity contribution in [2.24, 2.45) is 0 Å². The molecule has 0 aliphatic carbocycles. The first-order valence-corrected chi connectivity index (χ1v) is 9.59. The molecule has 1 aromatic rings. The fourth-order valence-corrected chi connectivity index (χ4v) is 3.57. The first kappa shape index (κ1) is 17.7. The van der Waals surface area contributed by atoms with Crippen LogP contribution in [0.1, 0.15) is 82.9 Å². The number of H-pyrrole nitrogens is 1. The van der Waals surface area contributed by atoms with E-state index in [1.807, 2.05) is 0 Å². The van der Waals surface area contributed by atoms with Gasteiger partial charge in [-0.3, -0.25) is 5.10 Å². The van der Waals surface area contributed by atoms with E-state index in [0.29, 0.717) is 5.92 Å². The van der Waals surface area contributed by atoms with Crippen LogP contribution in [0.15, 0.2) is 0 Å². The lowest BCUT2D eigenvalue weighted by molar-refractivity contribution is 0.424. The van der Waals surface area contributed by atoms with Crippen LogP contribution in [-0.4, -0.2) is 27.9 Å². The summed E-state index contributed by atoms with van der Waals surface area (Å²) in [7, 11) is 0. The zero-order valence-electron chi connectivity index (χ0n) is 14.1. The summed E-state index contributed by atoms with van der Waals surface area (Å²) in [5.74, 6) is 1.76. The predicted molar refractivity (Wildman–Crippen MR) is 94.9 cm³/mol. The van der Waals surface area contributed by atoms with Crippen LogP contribution < -0.4 is 5.32 Å². The SMILES string of the molecule is CCCCCCCCCCn1c(C2CCNCC2)n[nH]c1=S. The van der Waals surface area contributed by atoms with Crippen LogP contribution in [0.4, 0.5) is 0 Å². The number of piperidine rings is 1. The number of nitrogens with zero attached hydrogens (tertiary/aromatic N) is 2. The van der Waals surface area contributed by atoms with Crippen molar-refractivity contribution in [3.63, 3.8) is 0 Å². The Labute approximate surface area is 140 Å². The Morgan fingerprint density at radius 1 is 1.05 bits per heavy atom. The third kappa shape index (κ3) is 5.51. The number of hydrogen-bond acceptors (Lipinski definition) is 3. The smallest absolute Gasteiger partial charge is 0.195 e. The predicted octanol–water partition coefficient (Wildman–Crippen LogP) is 4.55. The van der Waals surface area contributed by atoms with Crippen molar-refractivity contribution in [2.75, 3.05) is 13.1 Å². The van der Waals surface area contributed by atoms with Crippen LogP contribution >= 0.6 is 12.2 Å². The van der Waals surface area contributed by atoms with E-state index in [1.165, 1.54) is 70.0 Å². The molecule has 0 amide bonds. The first-order chi connectivity index (χ1) is 10.8. The van der Waals surface area contributed by atoms with Gasteiger partial charge in [0.1, 0.15) is 5.82 Å². The zero-order chi connectivity index (χ0) is 15.6. The highest BCUT2D eigenvalue weighted by molar-refractivity contribution is 7.71. The second kappa shape index (κ2) is 10.2. The molecular weight excluding hydrogens is 292 g/mol. The quantitative estimate of drug-likeness (QED) is 0.490. The maximum Gasteiger partial charge on any atom is 0.195 e. The van der Waals surface area contributed by atoms with E-state index >= 15 is 0 Å². The van der Waals surface area contributed by atoms with Crippen molar-refractivity contribution >= 4 is 12.2 Å². The van der Waals surface area contributed by atoms with Gasteiger partial charge in [-0.05, 0) is 44.6 Å². The second-order valence-corrected chi connectivity index (χ2v) is 6.92. The van der Waals surface area contributed by atoms with Crippen LogP contribution in [-0.2, 0) is 6.54 Å². The topological polar surface area (TPSA) is 45.6 Å². The molecule has 0 atom stereocenters. The highest BCUT2D eigenvalue weighted by Gasteiger charge is 2.20. The molecule has 1 aromatic heterocycles. The van der Waals surface area contributed by atoms with E-state index < -0.39 is 0 Å². The second-order valence-electron chi connectivity index (χ2n) is 6.54. The summed E-state index contributed by atoms with van der Waals surface area (Å²) in [5.41, 5.74) is 0. The maximum atomic E-state index is 5.42. The Morgan fingerprint density at radius 2 is 1.68 bits per heavy atom. The molecule has 0 radical (unpaired) electrons. The molecular formula is C17H32N4S. The van der Waals surface area contributed by atoms with Crippen molar-refractivity contribution in [3.8, 4) is 0 Å². The molecule has 1 saturated heterocycles. The molecule has 0 unspecified atom stereocenters. The van der Waals surface area contributed by atoms with Gasteiger partial charge < -0.3 is 9.88 Å². The molecule has 126 valence electrons. The zero-order valence-corrected chi connectivity index (χ0v) is 14.9. The summed E-state index contributed by atoms with van der Waals surface area (Å²) < 4.78 is 3.05. The van der Waals surface area contributed by atoms with Gasteiger partial charge >= 0.3 is 0 Å². The summed E-state index contributed by atoms with van der Waals surface area (Å²) in [6.45, 7) is 5.50. The lowest BCUT2D eigenvalue weighted by Crippen LogP contribution is -2.28. The number of aromatic amines is 1. The van der Waals surface area contributed by atoms with Crippen LogP contribution in [0, 0.1) is 4.77 Å². The Kier molecular flexibility index (Phi) is 8.16. The largest absolute Gasteiger partial charge is 0.317 e. The highest BCUT2D eigenvalue weighted by Crippen LogP contribution is 2.24. The number of unbranched alkanes of at least 4 members (excludes halogenated alkanes) is 7. The van der Waals surface area contributed by atoms with Gasteiger partial charge in [0.15, 0.2) is 4.77 Å². The summed E-state index contributed by atoms with van der Waals surface area (Å²) >= 11 is 5.42. The average molecular weight is 325 g/mol. The molecule has 0 saturated carbocycles. The molecule has 1 aliphatic rings. The summed E-state index contributed by atoms with van der Waals surface area (Å²) in [6.07, 6.45) is 13.2. The van der Waals surface area contributed by atoms with E-state index in [-0.39, 0.29) is 0 Å². The van der Waals surface area contributed by atoms with E-state index in [1.54, 1.807) is 0 Å². The molecule has 0 spiro atoms. The van der Waals surface area contributed by atoms with Gasteiger partial charge in [0.05, 0.1) is 0 Å². The molecule has 4 nitrogen and oxygen atoms in total. The average Bonchev–Trinajstić information content (AvgIpc) is 2.92. The van der Waals surface area contributed by atoms with Crippen LogP contribution in [0.3, 0.4) is 0 Å². The molecule has 1 fully saturated rings. The van der Waals surface area contributed by atoms with Crippen LogP contribution in [0.5, 0.6) is 0 Å². The third-order valence-corrected chi connectivity index (χ3v) is 5.04. The number of rotatable bonds is 10. The Hall–Kier alpha value is -0.680. The van der Waals surface area contributed by atoms with E-state index in [0.717, 1.165) is 24.4 Å². The van der Waals surface area contributed by atoms with Crippen molar-refractivity contribution in [1.29, 1.82) is 0 Å². The molecule has 2 rings (SSSR count). The maximum absolute atomic E-state index is 5.42. The van der Waals surface area contributed by atoms with Crippen molar-refractivity contribution in [2.45, 2.75) is 83.6 Å². The normalized spacial score (nSPS) is 16.2. The Balaban J connectivity index is 1.71. The van der Waals surface area contributed by atoms with E-state index in [9.17, 15) is 0 Å². The van der Waals surface area contributed by atoms with Gasteiger partial charge in [-0.2, -0.15) is 5.10 Å². The number of nitrogens with one attached hydrogen (secondary N) is 2. The minimum absolute atomic E-state index is 0.572. The van der Waals surface area contributed by atoms with Crippen LogP contribution in [0.25, 0.3) is 0 Å². The molecule has 2 N–H and O–H groups in total. The van der Waals surface area contributed by atoms with Crippen molar-refractivity contribution in [1.82, 2.24) is 20.1 Å². The van der Waals surface area contributed by atoms with E-state index in [4.69, 9.17) is 12.2 Å². The van der Waals surface area contributed by atoms with Crippen molar-refractivity contribution < 1.29 is 0 Å². The monoisotopic (exact) mass is 324 g/mol. The van der Waals surface area contributed by atoms with Crippen molar-refractivity contribution in [3.05, 3.63) is 10.6 Å². The molecule has 0 bridgehead atoms. The molecule has 1 aliphatic heterocycles. The Morgan fingerprint density at radius 3 is 2.36 bits per heavy atom. The standard InChI is InChI=1S/C17H32N4S/c1-2-3-4-5-6-7-8-9-14-21-16(19-20-17(21)22)15-10-12-18-13-11-15/h15,18H,2-14H2,1H3,(H,20,22). The van der Waals surface area contributed by atoms with Gasteiger partial charge in [-0.25, -0.2) is 0 Å². The molecule has 0 aromatic carbocycles. The molecule has 22 heavy (non-hydrogen) atoms. The summed E-state index contributed by atoms with van der Waals surface area (Å²) in [4.78, 5) is 0. The minimum atomic E-state index is 0.572. The minimum Gasteiger partial charge on any atom is -0.317 e. The van der Waals surface area contributed by atoms with Gasteiger partial charge in [-0.15, -0.1) is 0 Å². The molecule has 5 heteroatoms. The Bertz CT molecular complexity index is 459. The highest BCUT2D eigenvalue weighted by atomic mass is 32.1. The molecule has 2 heterocycles. The summed E-state index contributed by atoms with van der Waals surface area (Å²) in [5, 5.41) is 10.9. The van der Waals surface area contributed by atoms with E-state index in [2.05, 4.69) is 27.0 Å². The first-order valence-electron chi connectivity index (χ1n) is 9.18. The lowest BCUT2D eigenvalue weighted by atomic mass is 9.97. The van der Waals surface area contributed by atoms with Crippen LogP contribution in [0.2, 0.25) is 0 Å². The van der Waals surface area contributed by atoms with Gasteiger partial charge in [0.2, 0.25) is 0 Å². The fourth-order valence-electron chi connectivity index (χ4n) is 3.34. The van der Waals surface area contributed by atoms with Gasteiger partial charge in [0.25, 0.3) is 0 Å². The third-order valence-electron chi connectivity index (χ3n) is 4.73.